The Morgan fingerprint density at radius 2 is 1.82 bits per heavy atom. The van der Waals surface area contributed by atoms with Crippen molar-refractivity contribution in [1.82, 2.24) is 0 Å². The number of hydrogen-bond acceptors (Lipinski definition) is 3. The fraction of sp³-hybridized carbons (Fsp3) is 0.250. The SMILES string of the molecule is O=[N+]([O-])c1cc(F)c(OCC(F)(F)F)cc1F. The van der Waals surface area contributed by atoms with Crippen molar-refractivity contribution in [2.24, 2.45) is 0 Å². The summed E-state index contributed by atoms with van der Waals surface area (Å²) in [5.74, 6) is -3.96. The topological polar surface area (TPSA) is 52.4 Å². The molecule has 0 heterocycles. The quantitative estimate of drug-likeness (QED) is 0.475. The highest BCUT2D eigenvalue weighted by atomic mass is 19.4. The lowest BCUT2D eigenvalue weighted by molar-refractivity contribution is -0.387. The second-order valence-electron chi connectivity index (χ2n) is 2.90. The Morgan fingerprint density at radius 3 is 2.29 bits per heavy atom. The third-order valence-corrected chi connectivity index (χ3v) is 1.59. The molecule has 0 unspecified atom stereocenters. The first-order valence-corrected chi connectivity index (χ1v) is 4.03. The van der Waals surface area contributed by atoms with E-state index < -0.39 is 40.8 Å². The van der Waals surface area contributed by atoms with E-state index in [1.54, 1.807) is 0 Å². The van der Waals surface area contributed by atoms with Crippen molar-refractivity contribution in [3.05, 3.63) is 33.9 Å². The van der Waals surface area contributed by atoms with Crippen molar-refractivity contribution >= 4 is 5.69 Å². The Labute approximate surface area is 90.8 Å². The van der Waals surface area contributed by atoms with Crippen molar-refractivity contribution in [3.8, 4) is 5.75 Å². The van der Waals surface area contributed by atoms with Crippen LogP contribution in [0.5, 0.6) is 5.75 Å². The summed E-state index contributed by atoms with van der Waals surface area (Å²) in [6, 6.07) is 0.347. The highest BCUT2D eigenvalue weighted by Gasteiger charge is 2.29. The highest BCUT2D eigenvalue weighted by molar-refractivity contribution is 5.39. The van der Waals surface area contributed by atoms with Gasteiger partial charge in [-0.25, -0.2) is 4.39 Å². The molecule has 0 saturated heterocycles. The van der Waals surface area contributed by atoms with Crippen LogP contribution in [0.2, 0.25) is 0 Å². The summed E-state index contributed by atoms with van der Waals surface area (Å²) in [6.07, 6.45) is -4.72. The molecular formula is C8H4F5NO3. The second-order valence-corrected chi connectivity index (χ2v) is 2.90. The van der Waals surface area contributed by atoms with Gasteiger partial charge in [0, 0.05) is 6.07 Å². The number of nitro groups is 1. The Bertz CT molecular complexity index is 446. The number of ether oxygens (including phenoxy) is 1. The monoisotopic (exact) mass is 257 g/mol. The van der Waals surface area contributed by atoms with Crippen LogP contribution in [0.25, 0.3) is 0 Å². The largest absolute Gasteiger partial charge is 0.481 e. The molecule has 0 aliphatic heterocycles. The molecule has 94 valence electrons. The molecule has 0 aromatic heterocycles. The number of halogens is 5. The van der Waals surface area contributed by atoms with Gasteiger partial charge in [0.2, 0.25) is 5.82 Å². The minimum Gasteiger partial charge on any atom is -0.481 e. The van der Waals surface area contributed by atoms with Gasteiger partial charge in [-0.2, -0.15) is 17.6 Å². The summed E-state index contributed by atoms with van der Waals surface area (Å²) in [5.41, 5.74) is -1.18. The van der Waals surface area contributed by atoms with Gasteiger partial charge in [-0.3, -0.25) is 10.1 Å². The van der Waals surface area contributed by atoms with Gasteiger partial charge in [-0.1, -0.05) is 0 Å². The van der Waals surface area contributed by atoms with Crippen LogP contribution in [-0.4, -0.2) is 17.7 Å². The molecule has 0 radical (unpaired) electrons. The van der Waals surface area contributed by atoms with Crippen molar-refractivity contribution in [2.75, 3.05) is 6.61 Å². The van der Waals surface area contributed by atoms with Crippen LogP contribution in [-0.2, 0) is 0 Å². The first-order valence-electron chi connectivity index (χ1n) is 4.03. The zero-order valence-electron chi connectivity index (χ0n) is 7.92. The minimum absolute atomic E-state index is 0.154. The molecule has 0 N–H and O–H groups in total. The molecule has 0 bridgehead atoms. The number of nitro benzene ring substituents is 1. The predicted octanol–water partition coefficient (Wildman–Crippen LogP) is 2.81. The average molecular weight is 257 g/mol. The number of nitrogens with zero attached hydrogens (tertiary/aromatic N) is 1. The lowest BCUT2D eigenvalue weighted by Gasteiger charge is -2.09. The summed E-state index contributed by atoms with van der Waals surface area (Å²) in [4.78, 5) is 8.98. The van der Waals surface area contributed by atoms with Gasteiger partial charge in [0.15, 0.2) is 18.2 Å². The van der Waals surface area contributed by atoms with Crippen molar-refractivity contribution in [3.63, 3.8) is 0 Å². The molecule has 1 aromatic carbocycles. The molecule has 1 rings (SSSR count). The van der Waals surface area contributed by atoms with Gasteiger partial charge in [-0.05, 0) is 0 Å². The van der Waals surface area contributed by atoms with Crippen LogP contribution in [0.15, 0.2) is 12.1 Å². The Kier molecular flexibility index (Phi) is 3.49. The minimum atomic E-state index is -4.72. The molecule has 0 aliphatic carbocycles. The normalized spacial score (nSPS) is 11.4. The first-order chi connectivity index (χ1) is 7.70. The van der Waals surface area contributed by atoms with E-state index >= 15 is 0 Å². The van der Waals surface area contributed by atoms with E-state index in [1.165, 1.54) is 0 Å². The van der Waals surface area contributed by atoms with Gasteiger partial charge in [0.05, 0.1) is 11.0 Å². The zero-order chi connectivity index (χ0) is 13.2. The maximum atomic E-state index is 13.0. The van der Waals surface area contributed by atoms with E-state index in [2.05, 4.69) is 4.74 Å². The summed E-state index contributed by atoms with van der Waals surface area (Å²) in [6.45, 7) is -1.82. The van der Waals surface area contributed by atoms with E-state index in [4.69, 9.17) is 0 Å². The molecule has 17 heavy (non-hydrogen) atoms. The van der Waals surface area contributed by atoms with Crippen LogP contribution in [0.4, 0.5) is 27.6 Å². The standard InChI is InChI=1S/C8H4F5NO3/c9-4-2-7(17-3-8(11,12)13)5(10)1-6(4)14(15)16/h1-2H,3H2. The van der Waals surface area contributed by atoms with Gasteiger partial charge < -0.3 is 4.74 Å². The average Bonchev–Trinajstić information content (AvgIpc) is 2.17. The Morgan fingerprint density at radius 1 is 1.24 bits per heavy atom. The molecule has 0 spiro atoms. The fourth-order valence-electron chi connectivity index (χ4n) is 0.928. The molecule has 0 saturated carbocycles. The van der Waals surface area contributed by atoms with Gasteiger partial charge in [0.25, 0.3) is 0 Å². The van der Waals surface area contributed by atoms with E-state index in [1.807, 2.05) is 0 Å². The summed E-state index contributed by atoms with van der Waals surface area (Å²) >= 11 is 0. The summed E-state index contributed by atoms with van der Waals surface area (Å²) < 4.78 is 65.1. The third-order valence-electron chi connectivity index (χ3n) is 1.59. The van der Waals surface area contributed by atoms with E-state index in [9.17, 15) is 32.1 Å². The van der Waals surface area contributed by atoms with Crippen LogP contribution in [0.1, 0.15) is 0 Å². The van der Waals surface area contributed by atoms with Crippen LogP contribution in [0.3, 0.4) is 0 Å². The zero-order valence-corrected chi connectivity index (χ0v) is 7.92. The maximum Gasteiger partial charge on any atom is 0.422 e. The van der Waals surface area contributed by atoms with Crippen LogP contribution >= 0.6 is 0 Å². The molecule has 1 aromatic rings. The second kappa shape index (κ2) is 4.52. The lowest BCUT2D eigenvalue weighted by Crippen LogP contribution is -2.19. The van der Waals surface area contributed by atoms with E-state index in [0.29, 0.717) is 0 Å². The number of alkyl halides is 3. The Balaban J connectivity index is 2.96. The third kappa shape index (κ3) is 3.54. The molecule has 0 atom stereocenters. The lowest BCUT2D eigenvalue weighted by atomic mass is 10.3. The molecule has 9 heteroatoms. The van der Waals surface area contributed by atoms with Gasteiger partial charge in [-0.15, -0.1) is 0 Å². The molecule has 0 amide bonds. The van der Waals surface area contributed by atoms with Crippen molar-refractivity contribution < 1.29 is 31.6 Å². The van der Waals surface area contributed by atoms with Crippen molar-refractivity contribution in [1.29, 1.82) is 0 Å². The van der Waals surface area contributed by atoms with Gasteiger partial charge in [0.1, 0.15) is 0 Å². The summed E-state index contributed by atoms with van der Waals surface area (Å²) in [5, 5.41) is 10.2. The molecule has 4 nitrogen and oxygen atoms in total. The summed E-state index contributed by atoms with van der Waals surface area (Å²) in [7, 11) is 0. The van der Waals surface area contributed by atoms with Crippen LogP contribution < -0.4 is 4.74 Å². The molecule has 0 fully saturated rings. The van der Waals surface area contributed by atoms with E-state index in [-0.39, 0.29) is 12.1 Å². The van der Waals surface area contributed by atoms with Gasteiger partial charge >= 0.3 is 11.9 Å². The number of hydrogen-bond donors (Lipinski definition) is 0. The molecule has 0 aliphatic rings. The van der Waals surface area contributed by atoms with Crippen LogP contribution in [0, 0.1) is 21.7 Å². The Hall–Kier alpha value is -1.93. The smallest absolute Gasteiger partial charge is 0.422 e. The highest BCUT2D eigenvalue weighted by Crippen LogP contribution is 2.27. The fourth-order valence-corrected chi connectivity index (χ4v) is 0.928. The first kappa shape index (κ1) is 13.1. The van der Waals surface area contributed by atoms with Crippen molar-refractivity contribution in [2.45, 2.75) is 6.18 Å². The maximum absolute atomic E-state index is 13.0. The predicted molar refractivity (Wildman–Crippen MR) is 44.6 cm³/mol. The number of rotatable bonds is 3. The molecular weight excluding hydrogens is 253 g/mol. The van der Waals surface area contributed by atoms with E-state index in [0.717, 1.165) is 0 Å². The number of benzene rings is 1.